The Morgan fingerprint density at radius 2 is 1.77 bits per heavy atom. The molecule has 138 valence electrons. The largest absolute Gasteiger partial charge is 0.261 e. The van der Waals surface area contributed by atoms with Gasteiger partial charge in [0.1, 0.15) is 22.3 Å². The van der Waals surface area contributed by atoms with E-state index in [2.05, 4.69) is 15.5 Å². The van der Waals surface area contributed by atoms with Gasteiger partial charge < -0.3 is 0 Å². The van der Waals surface area contributed by atoms with Crippen molar-refractivity contribution in [2.45, 2.75) is 24.2 Å². The summed E-state index contributed by atoms with van der Waals surface area (Å²) in [5, 5.41) is 3.74. The monoisotopic (exact) mass is 380 g/mol. The van der Waals surface area contributed by atoms with E-state index in [0.29, 0.717) is 13.1 Å². The van der Waals surface area contributed by atoms with E-state index in [1.165, 1.54) is 28.7 Å². The summed E-state index contributed by atoms with van der Waals surface area (Å²) in [6.45, 7) is 1.03. The molecule has 1 aliphatic rings. The molecule has 0 spiro atoms. The summed E-state index contributed by atoms with van der Waals surface area (Å²) >= 11 is 0. The van der Waals surface area contributed by atoms with Gasteiger partial charge in [-0.05, 0) is 37.1 Å². The SMILES string of the molecule is O=S(=O)(c1ccc(N/N=C\c2c(F)cccc2F)nc1)N1CCCCC1. The number of nitrogens with one attached hydrogen (secondary N) is 1. The molecule has 1 aliphatic heterocycles. The Bertz CT molecular complexity index is 875. The van der Waals surface area contributed by atoms with Crippen molar-refractivity contribution in [3.05, 3.63) is 53.7 Å². The predicted molar refractivity (Wildman–Crippen MR) is 94.4 cm³/mol. The van der Waals surface area contributed by atoms with E-state index in [1.807, 2.05) is 0 Å². The molecule has 3 rings (SSSR count). The molecule has 26 heavy (non-hydrogen) atoms. The van der Waals surface area contributed by atoms with Crippen molar-refractivity contribution in [1.29, 1.82) is 0 Å². The van der Waals surface area contributed by atoms with Gasteiger partial charge in [0, 0.05) is 19.3 Å². The van der Waals surface area contributed by atoms with Gasteiger partial charge in [-0.2, -0.15) is 9.41 Å². The first-order chi connectivity index (χ1) is 12.5. The topological polar surface area (TPSA) is 74.7 Å². The second-order valence-corrected chi connectivity index (χ2v) is 7.79. The minimum Gasteiger partial charge on any atom is -0.261 e. The molecule has 0 unspecified atom stereocenters. The maximum absolute atomic E-state index is 13.5. The highest BCUT2D eigenvalue weighted by Gasteiger charge is 2.26. The smallest absolute Gasteiger partial charge is 0.244 e. The van der Waals surface area contributed by atoms with E-state index in [-0.39, 0.29) is 16.3 Å². The number of halogens is 2. The molecule has 1 N–H and O–H groups in total. The average Bonchev–Trinajstić information content (AvgIpc) is 2.65. The summed E-state index contributed by atoms with van der Waals surface area (Å²) in [6, 6.07) is 6.40. The number of hydrazone groups is 1. The Balaban J connectivity index is 1.69. The van der Waals surface area contributed by atoms with E-state index < -0.39 is 21.7 Å². The van der Waals surface area contributed by atoms with Crippen LogP contribution in [0.25, 0.3) is 0 Å². The number of rotatable bonds is 5. The minimum absolute atomic E-state index is 0.106. The number of benzene rings is 1. The lowest BCUT2D eigenvalue weighted by atomic mass is 10.2. The van der Waals surface area contributed by atoms with Crippen LogP contribution in [-0.4, -0.2) is 37.0 Å². The molecule has 0 bridgehead atoms. The molecule has 6 nitrogen and oxygen atoms in total. The van der Waals surface area contributed by atoms with Gasteiger partial charge in [0.2, 0.25) is 10.0 Å². The third-order valence-corrected chi connectivity index (χ3v) is 5.94. The van der Waals surface area contributed by atoms with Crippen LogP contribution in [0.15, 0.2) is 46.5 Å². The first kappa shape index (κ1) is 18.4. The first-order valence-electron chi connectivity index (χ1n) is 8.18. The number of anilines is 1. The minimum atomic E-state index is -3.55. The number of sulfonamides is 1. The van der Waals surface area contributed by atoms with Crippen molar-refractivity contribution in [3.8, 4) is 0 Å². The van der Waals surface area contributed by atoms with E-state index >= 15 is 0 Å². The second kappa shape index (κ2) is 7.88. The van der Waals surface area contributed by atoms with E-state index in [4.69, 9.17) is 0 Å². The molecule has 1 saturated heterocycles. The van der Waals surface area contributed by atoms with Crippen LogP contribution in [0.3, 0.4) is 0 Å². The lowest BCUT2D eigenvalue weighted by Gasteiger charge is -2.25. The van der Waals surface area contributed by atoms with Crippen molar-refractivity contribution in [2.24, 2.45) is 5.10 Å². The fourth-order valence-corrected chi connectivity index (χ4v) is 4.11. The van der Waals surface area contributed by atoms with Gasteiger partial charge in [0.25, 0.3) is 0 Å². The Morgan fingerprint density at radius 1 is 1.08 bits per heavy atom. The van der Waals surface area contributed by atoms with Crippen LogP contribution in [0.1, 0.15) is 24.8 Å². The zero-order valence-corrected chi connectivity index (χ0v) is 14.7. The molecular weight excluding hydrogens is 362 g/mol. The lowest BCUT2D eigenvalue weighted by Crippen LogP contribution is -2.35. The molecule has 1 fully saturated rings. The number of nitrogens with zero attached hydrogens (tertiary/aromatic N) is 3. The predicted octanol–water partition coefficient (Wildman–Crippen LogP) is 2.98. The summed E-state index contributed by atoms with van der Waals surface area (Å²) < 4.78 is 53.5. The molecule has 1 aromatic heterocycles. The summed E-state index contributed by atoms with van der Waals surface area (Å²) in [5.41, 5.74) is 2.25. The Morgan fingerprint density at radius 3 is 2.38 bits per heavy atom. The Labute approximate surface area is 150 Å². The molecule has 0 amide bonds. The number of pyridine rings is 1. The van der Waals surface area contributed by atoms with E-state index in [0.717, 1.165) is 37.6 Å². The van der Waals surface area contributed by atoms with E-state index in [9.17, 15) is 17.2 Å². The lowest BCUT2D eigenvalue weighted by molar-refractivity contribution is 0.346. The van der Waals surface area contributed by atoms with Crippen LogP contribution in [0.5, 0.6) is 0 Å². The Kier molecular flexibility index (Phi) is 5.58. The molecule has 2 aromatic rings. The summed E-state index contributed by atoms with van der Waals surface area (Å²) in [6.07, 6.45) is 4.99. The zero-order chi connectivity index (χ0) is 18.6. The van der Waals surface area contributed by atoms with Crippen LogP contribution >= 0.6 is 0 Å². The van der Waals surface area contributed by atoms with Gasteiger partial charge in [-0.25, -0.2) is 22.2 Å². The van der Waals surface area contributed by atoms with Crippen molar-refractivity contribution < 1.29 is 17.2 Å². The van der Waals surface area contributed by atoms with Crippen molar-refractivity contribution in [3.63, 3.8) is 0 Å². The molecule has 9 heteroatoms. The Hall–Kier alpha value is -2.39. The molecule has 0 saturated carbocycles. The van der Waals surface area contributed by atoms with Gasteiger partial charge >= 0.3 is 0 Å². The van der Waals surface area contributed by atoms with Gasteiger partial charge in [0.15, 0.2) is 0 Å². The number of piperidine rings is 1. The fourth-order valence-electron chi connectivity index (χ4n) is 2.65. The second-order valence-electron chi connectivity index (χ2n) is 5.85. The van der Waals surface area contributed by atoms with E-state index in [1.54, 1.807) is 0 Å². The normalized spacial score (nSPS) is 16.1. The summed E-state index contributed by atoms with van der Waals surface area (Å²) in [4.78, 5) is 4.10. The average molecular weight is 380 g/mol. The highest BCUT2D eigenvalue weighted by atomic mass is 32.2. The van der Waals surface area contributed by atoms with Crippen LogP contribution in [-0.2, 0) is 10.0 Å². The van der Waals surface area contributed by atoms with Gasteiger partial charge in [-0.3, -0.25) is 5.43 Å². The molecule has 2 heterocycles. The quantitative estimate of drug-likeness (QED) is 0.639. The number of hydrogen-bond donors (Lipinski definition) is 1. The van der Waals surface area contributed by atoms with Crippen LogP contribution in [0.2, 0.25) is 0 Å². The maximum Gasteiger partial charge on any atom is 0.244 e. The zero-order valence-electron chi connectivity index (χ0n) is 13.9. The molecular formula is C17H18F2N4O2S. The van der Waals surface area contributed by atoms with Gasteiger partial charge in [-0.15, -0.1) is 0 Å². The van der Waals surface area contributed by atoms with Crippen molar-refractivity contribution >= 4 is 22.1 Å². The van der Waals surface area contributed by atoms with Crippen LogP contribution < -0.4 is 5.43 Å². The third kappa shape index (κ3) is 4.05. The summed E-state index contributed by atoms with van der Waals surface area (Å²) in [5.74, 6) is -1.20. The van der Waals surface area contributed by atoms with Crippen LogP contribution in [0.4, 0.5) is 14.6 Å². The molecule has 0 aliphatic carbocycles. The fraction of sp³-hybridized carbons (Fsp3) is 0.294. The van der Waals surface area contributed by atoms with Gasteiger partial charge in [-0.1, -0.05) is 12.5 Å². The molecule has 0 radical (unpaired) electrons. The summed E-state index contributed by atoms with van der Waals surface area (Å²) in [7, 11) is -3.55. The van der Waals surface area contributed by atoms with Crippen LogP contribution in [0, 0.1) is 11.6 Å². The highest BCUT2D eigenvalue weighted by Crippen LogP contribution is 2.20. The first-order valence-corrected chi connectivity index (χ1v) is 9.62. The maximum atomic E-state index is 13.5. The number of hydrogen-bond acceptors (Lipinski definition) is 5. The number of aromatic nitrogens is 1. The third-order valence-electron chi connectivity index (χ3n) is 4.06. The standard InChI is InChI=1S/C17H18F2N4O2S/c18-15-5-4-6-16(19)14(15)12-21-22-17-8-7-13(11-20-17)26(24,25)23-9-2-1-3-10-23/h4-8,11-12H,1-3,9-10H2,(H,20,22)/b21-12-. The van der Waals surface area contributed by atoms with Crippen molar-refractivity contribution in [1.82, 2.24) is 9.29 Å². The highest BCUT2D eigenvalue weighted by molar-refractivity contribution is 7.89. The molecule has 0 atom stereocenters. The van der Waals surface area contributed by atoms with Crippen molar-refractivity contribution in [2.75, 3.05) is 18.5 Å². The molecule has 1 aromatic carbocycles. The van der Waals surface area contributed by atoms with Gasteiger partial charge in [0.05, 0.1) is 11.8 Å².